The molecule has 5 heteroatoms. The third-order valence-electron chi connectivity index (χ3n) is 1.78. The Morgan fingerprint density at radius 3 is 2.93 bits per heavy atom. The summed E-state index contributed by atoms with van der Waals surface area (Å²) in [6.07, 6.45) is -0.00151. The first-order valence-corrected chi connectivity index (χ1v) is 6.04. The van der Waals surface area contributed by atoms with Crippen molar-refractivity contribution in [3.63, 3.8) is 0 Å². The summed E-state index contributed by atoms with van der Waals surface area (Å²) in [6, 6.07) is 5.88. The molecule has 0 unspecified atom stereocenters. The molecule has 0 aliphatic carbocycles. The molecular weight excluding hydrogens is 276 g/mol. The Morgan fingerprint density at radius 2 is 2.40 bits per heavy atom. The fourth-order valence-electron chi connectivity index (χ4n) is 1.20. The first-order chi connectivity index (χ1) is 7.11. The number of carbonyl (C=O) groups excluding carboxylic acids is 1. The van der Waals surface area contributed by atoms with E-state index >= 15 is 0 Å². The highest BCUT2D eigenvalue weighted by Gasteiger charge is 2.07. The molecule has 0 saturated carbocycles. The van der Waals surface area contributed by atoms with Crippen molar-refractivity contribution in [2.75, 3.05) is 13.6 Å². The topological polar surface area (TPSA) is 44.1 Å². The first-order valence-electron chi connectivity index (χ1n) is 4.43. The van der Waals surface area contributed by atoms with E-state index in [9.17, 15) is 4.79 Å². The molecule has 80 valence electrons. The van der Waals surface area contributed by atoms with Crippen molar-refractivity contribution in [3.05, 3.63) is 20.8 Å². The molecule has 1 heterocycles. The highest BCUT2D eigenvalue weighted by molar-refractivity contribution is 9.11. The van der Waals surface area contributed by atoms with E-state index < -0.39 is 0 Å². The third-order valence-corrected chi connectivity index (χ3v) is 3.39. The van der Waals surface area contributed by atoms with Gasteiger partial charge in [0.25, 0.3) is 0 Å². The second-order valence-corrected chi connectivity index (χ2v) is 5.80. The molecule has 0 atom stereocenters. The van der Waals surface area contributed by atoms with Crippen LogP contribution in [0.15, 0.2) is 15.9 Å². The van der Waals surface area contributed by atoms with Gasteiger partial charge in [0.15, 0.2) is 5.78 Å². The summed E-state index contributed by atoms with van der Waals surface area (Å²) >= 11 is 5.04. The molecule has 1 aromatic heterocycles. The molecule has 0 radical (unpaired) electrons. The van der Waals surface area contributed by atoms with Gasteiger partial charge in [-0.25, -0.2) is 0 Å². The highest BCUT2D eigenvalue weighted by Crippen LogP contribution is 2.22. The molecule has 0 bridgehead atoms. The van der Waals surface area contributed by atoms with E-state index in [-0.39, 0.29) is 12.2 Å². The highest BCUT2D eigenvalue weighted by atomic mass is 79.9. The summed E-state index contributed by atoms with van der Waals surface area (Å²) in [5.41, 5.74) is 0. The summed E-state index contributed by atoms with van der Waals surface area (Å²) in [4.78, 5) is 14.3. The second kappa shape index (κ2) is 6.01. The van der Waals surface area contributed by atoms with Crippen molar-refractivity contribution < 1.29 is 4.79 Å². The first kappa shape index (κ1) is 12.4. The minimum absolute atomic E-state index is 0.00151. The Labute approximate surface area is 101 Å². The summed E-state index contributed by atoms with van der Waals surface area (Å²) < 4.78 is 1.09. The van der Waals surface area contributed by atoms with Crippen LogP contribution in [0.1, 0.15) is 11.3 Å². The van der Waals surface area contributed by atoms with Gasteiger partial charge in [-0.15, -0.1) is 11.3 Å². The summed E-state index contributed by atoms with van der Waals surface area (Å²) in [6.45, 7) is 1.08. The van der Waals surface area contributed by atoms with Crippen LogP contribution in [-0.4, -0.2) is 24.3 Å². The molecule has 0 aliphatic rings. The SMILES string of the molecule is CN(CC(=O)CC#N)Cc1ccc(Br)s1. The molecule has 0 saturated heterocycles. The van der Waals surface area contributed by atoms with Crippen LogP contribution in [0.25, 0.3) is 0 Å². The summed E-state index contributed by atoms with van der Waals surface area (Å²) in [5, 5.41) is 8.35. The number of hydrogen-bond donors (Lipinski definition) is 0. The minimum Gasteiger partial charge on any atom is -0.297 e. The van der Waals surface area contributed by atoms with E-state index in [1.807, 2.05) is 30.1 Å². The van der Waals surface area contributed by atoms with Gasteiger partial charge >= 0.3 is 0 Å². The third kappa shape index (κ3) is 4.56. The number of hydrogen-bond acceptors (Lipinski definition) is 4. The van der Waals surface area contributed by atoms with E-state index in [0.717, 1.165) is 10.3 Å². The van der Waals surface area contributed by atoms with Crippen LogP contribution in [0.3, 0.4) is 0 Å². The van der Waals surface area contributed by atoms with Crippen LogP contribution in [0, 0.1) is 11.3 Å². The zero-order valence-electron chi connectivity index (χ0n) is 8.36. The van der Waals surface area contributed by atoms with Gasteiger partial charge in [-0.1, -0.05) is 0 Å². The standard InChI is InChI=1S/C10H11BrN2OS/c1-13(6-8(14)4-5-12)7-9-2-3-10(11)15-9/h2-3H,4,6-7H2,1H3. The minimum atomic E-state index is -0.0318. The van der Waals surface area contributed by atoms with Gasteiger partial charge in [-0.2, -0.15) is 5.26 Å². The summed E-state index contributed by atoms with van der Waals surface area (Å²) in [7, 11) is 1.88. The average Bonchev–Trinajstić information content (AvgIpc) is 2.51. The average molecular weight is 287 g/mol. The predicted molar refractivity (Wildman–Crippen MR) is 63.6 cm³/mol. The fraction of sp³-hybridized carbons (Fsp3) is 0.400. The van der Waals surface area contributed by atoms with Crippen LogP contribution in [0.2, 0.25) is 0 Å². The molecule has 0 amide bonds. The number of nitriles is 1. The van der Waals surface area contributed by atoms with Gasteiger partial charge in [0.05, 0.1) is 22.8 Å². The van der Waals surface area contributed by atoms with Crippen molar-refractivity contribution >= 4 is 33.0 Å². The molecule has 0 aromatic carbocycles. The van der Waals surface area contributed by atoms with Crippen molar-refractivity contribution in [1.29, 1.82) is 5.26 Å². The summed E-state index contributed by atoms with van der Waals surface area (Å²) in [5.74, 6) is -0.0318. The Bertz CT molecular complexity index is 383. The maximum Gasteiger partial charge on any atom is 0.160 e. The zero-order valence-corrected chi connectivity index (χ0v) is 10.8. The van der Waals surface area contributed by atoms with Crippen molar-refractivity contribution in [1.82, 2.24) is 4.90 Å². The van der Waals surface area contributed by atoms with E-state index in [2.05, 4.69) is 15.9 Å². The molecule has 15 heavy (non-hydrogen) atoms. The van der Waals surface area contributed by atoms with Crippen LogP contribution in [0.5, 0.6) is 0 Å². The molecule has 0 aliphatic heterocycles. The van der Waals surface area contributed by atoms with Gasteiger partial charge in [0.2, 0.25) is 0 Å². The zero-order chi connectivity index (χ0) is 11.3. The molecule has 3 nitrogen and oxygen atoms in total. The quantitative estimate of drug-likeness (QED) is 0.835. The van der Waals surface area contributed by atoms with Crippen LogP contribution in [0.4, 0.5) is 0 Å². The van der Waals surface area contributed by atoms with Gasteiger partial charge in [-0.3, -0.25) is 9.69 Å². The lowest BCUT2D eigenvalue weighted by Gasteiger charge is -2.13. The maximum atomic E-state index is 11.2. The molecular formula is C10H11BrN2OS. The van der Waals surface area contributed by atoms with Gasteiger partial charge < -0.3 is 0 Å². The molecule has 1 aromatic rings. The van der Waals surface area contributed by atoms with E-state index in [1.165, 1.54) is 4.88 Å². The molecule has 0 spiro atoms. The van der Waals surface area contributed by atoms with Crippen LogP contribution < -0.4 is 0 Å². The van der Waals surface area contributed by atoms with Crippen LogP contribution in [-0.2, 0) is 11.3 Å². The molecule has 1 rings (SSSR count). The van der Waals surface area contributed by atoms with E-state index in [4.69, 9.17) is 5.26 Å². The number of rotatable bonds is 5. The van der Waals surface area contributed by atoms with Crippen molar-refractivity contribution in [2.24, 2.45) is 0 Å². The monoisotopic (exact) mass is 286 g/mol. The molecule has 0 N–H and O–H groups in total. The largest absolute Gasteiger partial charge is 0.297 e. The Kier molecular flexibility index (Phi) is 4.95. The van der Waals surface area contributed by atoms with E-state index in [0.29, 0.717) is 6.54 Å². The van der Waals surface area contributed by atoms with Gasteiger partial charge in [0, 0.05) is 11.4 Å². The lowest BCUT2D eigenvalue weighted by molar-refractivity contribution is -0.119. The lowest BCUT2D eigenvalue weighted by Crippen LogP contribution is -2.24. The van der Waals surface area contributed by atoms with Crippen molar-refractivity contribution in [2.45, 2.75) is 13.0 Å². The number of carbonyl (C=O) groups is 1. The number of ketones is 1. The Morgan fingerprint density at radius 1 is 1.67 bits per heavy atom. The normalized spacial score (nSPS) is 10.3. The predicted octanol–water partition coefficient (Wildman–Crippen LogP) is 2.43. The van der Waals surface area contributed by atoms with Crippen LogP contribution >= 0.6 is 27.3 Å². The number of thiophene rings is 1. The second-order valence-electron chi connectivity index (χ2n) is 3.25. The van der Waals surface area contributed by atoms with Gasteiger partial charge in [0.1, 0.15) is 0 Å². The lowest BCUT2D eigenvalue weighted by atomic mass is 10.3. The number of likely N-dealkylation sites (N-methyl/N-ethyl adjacent to an activating group) is 1. The number of halogens is 1. The van der Waals surface area contributed by atoms with Gasteiger partial charge in [-0.05, 0) is 35.1 Å². The number of Topliss-reactive ketones (excluding diaryl/α,β-unsaturated/α-hetero) is 1. The Hall–Kier alpha value is -0.700. The van der Waals surface area contributed by atoms with Crippen molar-refractivity contribution in [3.8, 4) is 6.07 Å². The molecule has 0 fully saturated rings. The Balaban J connectivity index is 2.40. The smallest absolute Gasteiger partial charge is 0.160 e. The van der Waals surface area contributed by atoms with E-state index in [1.54, 1.807) is 11.3 Å². The maximum absolute atomic E-state index is 11.2. The number of nitrogens with zero attached hydrogens (tertiary/aromatic N) is 2. The fourth-order valence-corrected chi connectivity index (χ4v) is 2.77.